The van der Waals surface area contributed by atoms with E-state index in [2.05, 4.69) is 5.43 Å². The Morgan fingerprint density at radius 3 is 2.83 bits per heavy atom. The van der Waals surface area contributed by atoms with E-state index in [-0.39, 0.29) is 5.82 Å². The molecule has 4 heteroatoms. The van der Waals surface area contributed by atoms with Crippen molar-refractivity contribution in [3.63, 3.8) is 0 Å². The van der Waals surface area contributed by atoms with Crippen molar-refractivity contribution < 1.29 is 9.13 Å². The van der Waals surface area contributed by atoms with E-state index in [1.54, 1.807) is 6.07 Å². The van der Waals surface area contributed by atoms with Crippen LogP contribution in [0, 0.1) is 5.82 Å². The predicted octanol–water partition coefficient (Wildman–Crippen LogP) is 1.51. The first-order valence-electron chi connectivity index (χ1n) is 3.66. The van der Waals surface area contributed by atoms with Crippen molar-refractivity contribution in [2.24, 2.45) is 5.84 Å². The summed E-state index contributed by atoms with van der Waals surface area (Å²) in [7, 11) is 0. The van der Waals surface area contributed by atoms with Crippen LogP contribution in [0.15, 0.2) is 18.2 Å². The summed E-state index contributed by atoms with van der Waals surface area (Å²) in [5.74, 6) is 5.22. The molecule has 0 spiro atoms. The quantitative estimate of drug-likeness (QED) is 0.534. The van der Waals surface area contributed by atoms with Crippen molar-refractivity contribution in [1.29, 1.82) is 0 Å². The lowest BCUT2D eigenvalue weighted by molar-refractivity contribution is 0.338. The van der Waals surface area contributed by atoms with Gasteiger partial charge in [-0.15, -0.1) is 0 Å². The second kappa shape index (κ2) is 3.92. The van der Waals surface area contributed by atoms with Crippen LogP contribution >= 0.6 is 0 Å². The highest BCUT2D eigenvalue weighted by molar-refractivity contribution is 5.47. The average Bonchev–Trinajstić information content (AvgIpc) is 2.04. The molecule has 1 aromatic carbocycles. The number of hydrogen-bond donors (Lipinski definition) is 2. The van der Waals surface area contributed by atoms with Crippen LogP contribution in [0.1, 0.15) is 6.92 Å². The fourth-order valence-electron chi connectivity index (χ4n) is 0.896. The molecule has 0 aliphatic carbocycles. The fraction of sp³-hybridized carbons (Fsp3) is 0.250. The van der Waals surface area contributed by atoms with Crippen molar-refractivity contribution in [3.8, 4) is 5.75 Å². The van der Waals surface area contributed by atoms with E-state index in [0.29, 0.717) is 18.0 Å². The number of anilines is 1. The second-order valence-electron chi connectivity index (χ2n) is 2.25. The van der Waals surface area contributed by atoms with Gasteiger partial charge in [0.1, 0.15) is 11.6 Å². The Labute approximate surface area is 70.3 Å². The first-order chi connectivity index (χ1) is 5.76. The van der Waals surface area contributed by atoms with Gasteiger partial charge in [-0.05, 0) is 13.0 Å². The minimum absolute atomic E-state index is 0.367. The molecule has 1 rings (SSSR count). The number of halogens is 1. The largest absolute Gasteiger partial charge is 0.494 e. The van der Waals surface area contributed by atoms with Crippen molar-refractivity contribution >= 4 is 5.69 Å². The molecule has 0 aliphatic rings. The molecule has 0 atom stereocenters. The highest BCUT2D eigenvalue weighted by Crippen LogP contribution is 2.19. The van der Waals surface area contributed by atoms with Crippen LogP contribution < -0.4 is 16.0 Å². The van der Waals surface area contributed by atoms with Gasteiger partial charge in [0.2, 0.25) is 0 Å². The van der Waals surface area contributed by atoms with Gasteiger partial charge in [0.25, 0.3) is 0 Å². The molecule has 12 heavy (non-hydrogen) atoms. The Bertz CT molecular complexity index is 265. The molecule has 0 fully saturated rings. The summed E-state index contributed by atoms with van der Waals surface area (Å²) in [6.07, 6.45) is 0. The summed E-state index contributed by atoms with van der Waals surface area (Å²) in [4.78, 5) is 0. The summed E-state index contributed by atoms with van der Waals surface area (Å²) in [5.41, 5.74) is 2.85. The maximum atomic E-state index is 12.8. The highest BCUT2D eigenvalue weighted by Gasteiger charge is 1.99. The molecule has 0 saturated heterocycles. The Morgan fingerprint density at radius 2 is 2.25 bits per heavy atom. The van der Waals surface area contributed by atoms with Gasteiger partial charge in [-0.2, -0.15) is 0 Å². The Balaban J connectivity index is 2.90. The van der Waals surface area contributed by atoms with E-state index in [4.69, 9.17) is 10.6 Å². The molecule has 1 aromatic rings. The summed E-state index contributed by atoms with van der Waals surface area (Å²) >= 11 is 0. The van der Waals surface area contributed by atoms with E-state index in [0.717, 1.165) is 0 Å². The van der Waals surface area contributed by atoms with Crippen LogP contribution in [-0.2, 0) is 0 Å². The molecular formula is C8H11FN2O. The molecular weight excluding hydrogens is 159 g/mol. The molecule has 0 amide bonds. The van der Waals surface area contributed by atoms with Gasteiger partial charge in [0.15, 0.2) is 0 Å². The van der Waals surface area contributed by atoms with E-state index in [1.165, 1.54) is 12.1 Å². The number of ether oxygens (including phenoxy) is 1. The molecule has 0 bridgehead atoms. The number of hydrazine groups is 1. The maximum Gasteiger partial charge on any atom is 0.129 e. The Hall–Kier alpha value is -1.29. The van der Waals surface area contributed by atoms with Crippen molar-refractivity contribution in [2.45, 2.75) is 6.92 Å². The molecule has 3 nitrogen and oxygen atoms in total. The Kier molecular flexibility index (Phi) is 2.88. The van der Waals surface area contributed by atoms with E-state index in [9.17, 15) is 4.39 Å². The molecule has 0 unspecified atom stereocenters. The van der Waals surface area contributed by atoms with Gasteiger partial charge in [-0.25, -0.2) is 4.39 Å². The lowest BCUT2D eigenvalue weighted by atomic mass is 10.3. The first kappa shape index (κ1) is 8.80. The van der Waals surface area contributed by atoms with Gasteiger partial charge in [-0.1, -0.05) is 0 Å². The van der Waals surface area contributed by atoms with Gasteiger partial charge in [-0.3, -0.25) is 5.84 Å². The first-order valence-corrected chi connectivity index (χ1v) is 3.66. The molecule has 0 radical (unpaired) electrons. The third-order valence-electron chi connectivity index (χ3n) is 1.35. The van der Waals surface area contributed by atoms with Crippen LogP contribution in [0.4, 0.5) is 10.1 Å². The average molecular weight is 170 g/mol. The lowest BCUT2D eigenvalue weighted by Crippen LogP contribution is -2.07. The fourth-order valence-corrected chi connectivity index (χ4v) is 0.896. The van der Waals surface area contributed by atoms with Crippen LogP contribution in [0.3, 0.4) is 0 Å². The second-order valence-corrected chi connectivity index (χ2v) is 2.25. The minimum atomic E-state index is -0.367. The minimum Gasteiger partial charge on any atom is -0.494 e. The smallest absolute Gasteiger partial charge is 0.129 e. The monoisotopic (exact) mass is 170 g/mol. The van der Waals surface area contributed by atoms with Crippen LogP contribution in [0.2, 0.25) is 0 Å². The number of hydrogen-bond acceptors (Lipinski definition) is 3. The number of benzene rings is 1. The summed E-state index contributed by atoms with van der Waals surface area (Å²) in [6, 6.07) is 4.24. The highest BCUT2D eigenvalue weighted by atomic mass is 19.1. The van der Waals surface area contributed by atoms with Crippen LogP contribution in [0.5, 0.6) is 5.75 Å². The van der Waals surface area contributed by atoms with Crippen LogP contribution in [-0.4, -0.2) is 6.61 Å². The number of rotatable bonds is 3. The molecule has 0 saturated carbocycles. The van der Waals surface area contributed by atoms with Gasteiger partial charge in [0, 0.05) is 12.1 Å². The normalized spacial score (nSPS) is 9.58. The number of nitrogens with one attached hydrogen (secondary N) is 1. The molecule has 0 aliphatic heterocycles. The van der Waals surface area contributed by atoms with Crippen molar-refractivity contribution in [1.82, 2.24) is 0 Å². The van der Waals surface area contributed by atoms with Crippen molar-refractivity contribution in [2.75, 3.05) is 12.0 Å². The SMILES string of the molecule is CCOc1cc(F)cc(NN)c1. The zero-order chi connectivity index (χ0) is 8.97. The number of nitrogen functional groups attached to an aromatic ring is 1. The predicted molar refractivity (Wildman–Crippen MR) is 45.4 cm³/mol. The molecule has 0 heterocycles. The van der Waals surface area contributed by atoms with E-state index >= 15 is 0 Å². The molecule has 66 valence electrons. The van der Waals surface area contributed by atoms with Gasteiger partial charge in [0.05, 0.1) is 12.3 Å². The Morgan fingerprint density at radius 1 is 1.50 bits per heavy atom. The lowest BCUT2D eigenvalue weighted by Gasteiger charge is -2.05. The van der Waals surface area contributed by atoms with Crippen molar-refractivity contribution in [3.05, 3.63) is 24.0 Å². The van der Waals surface area contributed by atoms with Crippen LogP contribution in [0.25, 0.3) is 0 Å². The molecule has 0 aromatic heterocycles. The zero-order valence-corrected chi connectivity index (χ0v) is 6.80. The summed E-state index contributed by atoms with van der Waals surface area (Å²) in [5, 5.41) is 0. The summed E-state index contributed by atoms with van der Waals surface area (Å²) in [6.45, 7) is 2.34. The van der Waals surface area contributed by atoms with Gasteiger partial charge < -0.3 is 10.2 Å². The maximum absolute atomic E-state index is 12.8. The topological polar surface area (TPSA) is 47.3 Å². The standard InChI is InChI=1S/C8H11FN2O/c1-2-12-8-4-6(9)3-7(5-8)11-10/h3-5,11H,2,10H2,1H3. The zero-order valence-electron chi connectivity index (χ0n) is 6.80. The third-order valence-corrected chi connectivity index (χ3v) is 1.35. The van der Waals surface area contributed by atoms with Gasteiger partial charge >= 0.3 is 0 Å². The number of nitrogens with two attached hydrogens (primary N) is 1. The third kappa shape index (κ3) is 2.10. The summed E-state index contributed by atoms with van der Waals surface area (Å²) < 4.78 is 17.9. The van der Waals surface area contributed by atoms with E-state index in [1.807, 2.05) is 6.92 Å². The van der Waals surface area contributed by atoms with E-state index < -0.39 is 0 Å². The molecule has 3 N–H and O–H groups in total.